The predicted octanol–water partition coefficient (Wildman–Crippen LogP) is 1.89. The molecule has 0 heterocycles. The van der Waals surface area contributed by atoms with E-state index >= 15 is 0 Å². The summed E-state index contributed by atoms with van der Waals surface area (Å²) in [5, 5.41) is 3.38. The molecule has 96 valence electrons. The third-order valence-electron chi connectivity index (χ3n) is 1.85. The molecular weight excluding hydrogens is 238 g/mol. The molecule has 0 N–H and O–H groups in total. The van der Waals surface area contributed by atoms with Crippen molar-refractivity contribution in [2.45, 2.75) is 13.3 Å². The van der Waals surface area contributed by atoms with E-state index in [-0.39, 0.29) is 18.7 Å². The predicted molar refractivity (Wildman–Crippen MR) is 62.8 cm³/mol. The molecule has 0 saturated heterocycles. The maximum absolute atomic E-state index is 10.9. The molecule has 0 atom stereocenters. The Bertz CT molecular complexity index is 416. The number of oxime groups is 1. The molecule has 18 heavy (non-hydrogen) atoms. The van der Waals surface area contributed by atoms with E-state index in [4.69, 9.17) is 0 Å². The summed E-state index contributed by atoms with van der Waals surface area (Å²) in [6.45, 7) is 1.84. The molecule has 0 aliphatic rings. The van der Waals surface area contributed by atoms with Crippen molar-refractivity contribution >= 4 is 18.2 Å². The highest BCUT2D eigenvalue weighted by Gasteiger charge is 2.06. The molecule has 6 heteroatoms. The fourth-order valence-corrected chi connectivity index (χ4v) is 1.12. The van der Waals surface area contributed by atoms with Crippen LogP contribution in [-0.2, 0) is 25.8 Å². The van der Waals surface area contributed by atoms with E-state index in [0.29, 0.717) is 6.29 Å². The molecule has 6 nitrogen and oxygen atoms in total. The number of nitrogens with zero attached hydrogens (tertiary/aromatic N) is 1. The molecule has 0 amide bonds. The zero-order chi connectivity index (χ0) is 13.2. The molecule has 0 aliphatic carbocycles. The molecule has 0 radical (unpaired) electrons. The Labute approximate surface area is 104 Å². The normalized spacial score (nSPS) is 10.8. The summed E-state index contributed by atoms with van der Waals surface area (Å²) >= 11 is 0. The van der Waals surface area contributed by atoms with Gasteiger partial charge in [0, 0.05) is 6.42 Å². The highest BCUT2D eigenvalue weighted by molar-refractivity contribution is 6.28. The van der Waals surface area contributed by atoms with Crippen LogP contribution in [0.3, 0.4) is 0 Å². The lowest BCUT2D eigenvalue weighted by atomic mass is 10.1. The van der Waals surface area contributed by atoms with Crippen LogP contribution in [0.2, 0.25) is 0 Å². The van der Waals surface area contributed by atoms with Gasteiger partial charge >= 0.3 is 6.16 Å². The van der Waals surface area contributed by atoms with Crippen molar-refractivity contribution in [1.29, 1.82) is 0 Å². The maximum atomic E-state index is 10.9. The van der Waals surface area contributed by atoms with Crippen LogP contribution in [0.5, 0.6) is 0 Å². The number of aldehydes is 1. The van der Waals surface area contributed by atoms with E-state index in [1.54, 1.807) is 6.92 Å². The Balaban J connectivity index is 2.50. The van der Waals surface area contributed by atoms with Gasteiger partial charge in [0.05, 0.1) is 6.61 Å². The fourth-order valence-electron chi connectivity index (χ4n) is 1.12. The maximum Gasteiger partial charge on any atom is 0.567 e. The van der Waals surface area contributed by atoms with Gasteiger partial charge in [-0.25, -0.2) is 0 Å². The van der Waals surface area contributed by atoms with Crippen LogP contribution in [0.4, 0.5) is 4.79 Å². The summed E-state index contributed by atoms with van der Waals surface area (Å²) in [4.78, 5) is 34.5. The van der Waals surface area contributed by atoms with Gasteiger partial charge in [0.15, 0.2) is 6.29 Å². The highest BCUT2D eigenvalue weighted by Crippen LogP contribution is 2.01. The summed E-state index contributed by atoms with van der Waals surface area (Å²) in [6.07, 6.45) is -0.336. The zero-order valence-corrected chi connectivity index (χ0v) is 9.87. The Morgan fingerprint density at radius 3 is 2.67 bits per heavy atom. The summed E-state index contributed by atoms with van der Waals surface area (Å²) in [5.41, 5.74) is 0.958. The molecule has 0 aliphatic heterocycles. The number of hydrogen-bond acceptors (Lipinski definition) is 6. The van der Waals surface area contributed by atoms with Gasteiger partial charge < -0.3 is 0 Å². The molecule has 0 spiro atoms. The van der Waals surface area contributed by atoms with Gasteiger partial charge in [-0.2, -0.15) is 9.68 Å². The van der Waals surface area contributed by atoms with E-state index in [2.05, 4.69) is 19.8 Å². The van der Waals surface area contributed by atoms with E-state index in [0.717, 1.165) is 5.56 Å². The minimum Gasteiger partial charge on any atom is -0.296 e. The Morgan fingerprint density at radius 2 is 2.06 bits per heavy atom. The van der Waals surface area contributed by atoms with Crippen LogP contribution in [0, 0.1) is 0 Å². The minimum absolute atomic E-state index is 0.0784. The van der Waals surface area contributed by atoms with Crippen LogP contribution < -0.4 is 0 Å². The quantitative estimate of drug-likeness (QED) is 0.254. The minimum atomic E-state index is -1.12. The van der Waals surface area contributed by atoms with E-state index in [9.17, 15) is 9.59 Å². The van der Waals surface area contributed by atoms with Crippen LogP contribution >= 0.6 is 0 Å². The second-order valence-electron chi connectivity index (χ2n) is 3.19. The first-order chi connectivity index (χ1) is 8.76. The zero-order valence-electron chi connectivity index (χ0n) is 9.87. The van der Waals surface area contributed by atoms with Gasteiger partial charge in [-0.15, -0.1) is 0 Å². The molecule has 0 saturated carbocycles. The molecule has 0 fully saturated rings. The van der Waals surface area contributed by atoms with E-state index in [1.807, 2.05) is 30.3 Å². The number of rotatable bonds is 6. The molecule has 0 bridgehead atoms. The van der Waals surface area contributed by atoms with Gasteiger partial charge in [0.25, 0.3) is 0 Å². The number of hydrogen-bond donors (Lipinski definition) is 0. The van der Waals surface area contributed by atoms with Crippen molar-refractivity contribution in [2.24, 2.45) is 5.16 Å². The van der Waals surface area contributed by atoms with Gasteiger partial charge in [-0.3, -0.25) is 14.5 Å². The lowest BCUT2D eigenvalue weighted by molar-refractivity contribution is -0.251. The van der Waals surface area contributed by atoms with Gasteiger partial charge in [0.2, 0.25) is 0 Å². The fraction of sp³-hybridized carbons (Fsp3) is 0.250. The second kappa shape index (κ2) is 7.97. The highest BCUT2D eigenvalue weighted by atomic mass is 17.2. The number of benzene rings is 1. The summed E-state index contributed by atoms with van der Waals surface area (Å²) < 4.78 is 0. The number of carbonyl (C=O) groups is 2. The van der Waals surface area contributed by atoms with Crippen molar-refractivity contribution in [3.63, 3.8) is 0 Å². The van der Waals surface area contributed by atoms with Crippen LogP contribution in [0.25, 0.3) is 0 Å². The summed E-state index contributed by atoms with van der Waals surface area (Å²) in [6, 6.07) is 9.19. The van der Waals surface area contributed by atoms with Crippen LogP contribution in [0.15, 0.2) is 35.5 Å². The molecule has 0 aromatic heterocycles. The Kier molecular flexibility index (Phi) is 6.13. The standard InChI is InChI=1S/C12H13NO5/c1-2-16-18-12(15)17-13-11(9-14)8-10-6-4-3-5-7-10/h3-7,9H,2,8H2,1H3. The lowest BCUT2D eigenvalue weighted by Gasteiger charge is -2.00. The average molecular weight is 251 g/mol. The smallest absolute Gasteiger partial charge is 0.296 e. The van der Waals surface area contributed by atoms with E-state index in [1.165, 1.54) is 0 Å². The molecule has 1 aromatic rings. The SMILES string of the molecule is CCOOC(=O)ON=C(C=O)Cc1ccccc1. The van der Waals surface area contributed by atoms with Gasteiger partial charge in [0.1, 0.15) is 5.71 Å². The third kappa shape index (κ3) is 5.22. The van der Waals surface area contributed by atoms with Crippen molar-refractivity contribution in [1.82, 2.24) is 0 Å². The topological polar surface area (TPSA) is 74.2 Å². The van der Waals surface area contributed by atoms with Crippen molar-refractivity contribution in [3.05, 3.63) is 35.9 Å². The Morgan fingerprint density at radius 1 is 1.33 bits per heavy atom. The molecule has 1 aromatic carbocycles. The van der Waals surface area contributed by atoms with Gasteiger partial charge in [-0.05, 0) is 12.5 Å². The summed E-state index contributed by atoms with van der Waals surface area (Å²) in [7, 11) is 0. The average Bonchev–Trinajstić information content (AvgIpc) is 2.42. The lowest BCUT2D eigenvalue weighted by Crippen LogP contribution is -2.10. The summed E-state index contributed by atoms with van der Waals surface area (Å²) in [5.74, 6) is 0. The monoisotopic (exact) mass is 251 g/mol. The first kappa shape index (κ1) is 13.9. The van der Waals surface area contributed by atoms with Crippen molar-refractivity contribution in [2.75, 3.05) is 6.61 Å². The van der Waals surface area contributed by atoms with Crippen LogP contribution in [0.1, 0.15) is 12.5 Å². The first-order valence-electron chi connectivity index (χ1n) is 5.32. The van der Waals surface area contributed by atoms with Crippen LogP contribution in [-0.4, -0.2) is 24.8 Å². The largest absolute Gasteiger partial charge is 0.567 e. The number of carbonyl (C=O) groups excluding carboxylic acids is 2. The third-order valence-corrected chi connectivity index (χ3v) is 1.85. The second-order valence-corrected chi connectivity index (χ2v) is 3.19. The van der Waals surface area contributed by atoms with Crippen molar-refractivity contribution in [3.8, 4) is 0 Å². The molecule has 0 unspecified atom stereocenters. The molecule has 1 rings (SSSR count). The first-order valence-corrected chi connectivity index (χ1v) is 5.32. The molecular formula is C12H13NO5. The van der Waals surface area contributed by atoms with Crippen molar-refractivity contribution < 1.29 is 24.2 Å². The Hall–Kier alpha value is -2.21. The van der Waals surface area contributed by atoms with E-state index < -0.39 is 6.16 Å². The van der Waals surface area contributed by atoms with Gasteiger partial charge in [-0.1, -0.05) is 35.5 Å².